The van der Waals surface area contributed by atoms with E-state index in [1.54, 1.807) is 0 Å². The molecular formula is C13H13ClF2N2O2. The van der Waals surface area contributed by atoms with Crippen LogP contribution in [0.4, 0.5) is 8.78 Å². The largest absolute Gasteiger partial charge is 0.369 e. The first-order valence-electron chi connectivity index (χ1n) is 6.13. The summed E-state index contributed by atoms with van der Waals surface area (Å²) in [5, 5.41) is -0.157. The van der Waals surface area contributed by atoms with Crippen LogP contribution in [-0.2, 0) is 4.79 Å². The van der Waals surface area contributed by atoms with E-state index in [0.717, 1.165) is 12.1 Å². The zero-order valence-electron chi connectivity index (χ0n) is 10.5. The van der Waals surface area contributed by atoms with Gasteiger partial charge in [0.25, 0.3) is 5.91 Å². The number of benzene rings is 1. The van der Waals surface area contributed by atoms with Crippen molar-refractivity contribution in [3.05, 3.63) is 34.4 Å². The maximum absolute atomic E-state index is 13.2. The molecule has 0 saturated carbocycles. The molecule has 20 heavy (non-hydrogen) atoms. The standard InChI is InChI=1S/C13H13ClF2N2O2/c14-9-5-11(16)10(15)4-8(9)13(20)18-3-1-2-7(6-18)12(17)19/h4-5,7H,1-3,6H2,(H2,17,19). The molecule has 1 saturated heterocycles. The van der Waals surface area contributed by atoms with Crippen molar-refractivity contribution in [2.24, 2.45) is 11.7 Å². The molecule has 1 aliphatic heterocycles. The molecule has 1 aliphatic rings. The third-order valence-corrected chi connectivity index (χ3v) is 3.66. The van der Waals surface area contributed by atoms with Gasteiger partial charge in [0.15, 0.2) is 11.6 Å². The van der Waals surface area contributed by atoms with Crippen LogP contribution in [-0.4, -0.2) is 29.8 Å². The highest BCUT2D eigenvalue weighted by molar-refractivity contribution is 6.33. The molecule has 2 rings (SSSR count). The summed E-state index contributed by atoms with van der Waals surface area (Å²) >= 11 is 5.77. The van der Waals surface area contributed by atoms with E-state index in [1.165, 1.54) is 4.90 Å². The van der Waals surface area contributed by atoms with Crippen molar-refractivity contribution >= 4 is 23.4 Å². The number of rotatable bonds is 2. The minimum Gasteiger partial charge on any atom is -0.369 e. The van der Waals surface area contributed by atoms with E-state index in [2.05, 4.69) is 0 Å². The second-order valence-corrected chi connectivity index (χ2v) is 5.15. The Morgan fingerprint density at radius 1 is 1.30 bits per heavy atom. The topological polar surface area (TPSA) is 63.4 Å². The number of nitrogens with zero attached hydrogens (tertiary/aromatic N) is 1. The van der Waals surface area contributed by atoms with E-state index in [0.29, 0.717) is 19.4 Å². The first kappa shape index (κ1) is 14.7. The molecule has 1 heterocycles. The van der Waals surface area contributed by atoms with Gasteiger partial charge in [-0.05, 0) is 25.0 Å². The van der Waals surface area contributed by atoms with Gasteiger partial charge < -0.3 is 10.6 Å². The third-order valence-electron chi connectivity index (χ3n) is 3.35. The van der Waals surface area contributed by atoms with E-state index in [-0.39, 0.29) is 17.1 Å². The zero-order valence-corrected chi connectivity index (χ0v) is 11.3. The van der Waals surface area contributed by atoms with Crippen LogP contribution >= 0.6 is 11.6 Å². The van der Waals surface area contributed by atoms with Crippen molar-refractivity contribution in [2.45, 2.75) is 12.8 Å². The van der Waals surface area contributed by atoms with Crippen LogP contribution < -0.4 is 5.73 Å². The number of carbonyl (C=O) groups excluding carboxylic acids is 2. The maximum Gasteiger partial charge on any atom is 0.255 e. The third kappa shape index (κ3) is 2.90. The van der Waals surface area contributed by atoms with Crippen LogP contribution in [0.2, 0.25) is 5.02 Å². The van der Waals surface area contributed by atoms with Gasteiger partial charge in [0.1, 0.15) is 0 Å². The highest BCUT2D eigenvalue weighted by Crippen LogP contribution is 2.24. The molecule has 0 bridgehead atoms. The second-order valence-electron chi connectivity index (χ2n) is 4.74. The molecule has 2 N–H and O–H groups in total. The number of nitrogens with two attached hydrogens (primary N) is 1. The van der Waals surface area contributed by atoms with Gasteiger partial charge in [0, 0.05) is 13.1 Å². The van der Waals surface area contributed by atoms with Crippen molar-refractivity contribution in [3.8, 4) is 0 Å². The summed E-state index contributed by atoms with van der Waals surface area (Å²) < 4.78 is 26.2. The zero-order chi connectivity index (χ0) is 14.9. The summed E-state index contributed by atoms with van der Waals surface area (Å²) in [5.41, 5.74) is 5.11. The lowest BCUT2D eigenvalue weighted by Crippen LogP contribution is -2.44. The van der Waals surface area contributed by atoms with Crippen molar-refractivity contribution in [3.63, 3.8) is 0 Å². The number of hydrogen-bond donors (Lipinski definition) is 1. The summed E-state index contributed by atoms with van der Waals surface area (Å²) in [4.78, 5) is 24.8. The lowest BCUT2D eigenvalue weighted by molar-refractivity contribution is -0.123. The molecule has 7 heteroatoms. The normalized spacial score (nSPS) is 18.9. The van der Waals surface area contributed by atoms with E-state index in [9.17, 15) is 18.4 Å². The SMILES string of the molecule is NC(=O)C1CCCN(C(=O)c2cc(F)c(F)cc2Cl)C1. The summed E-state index contributed by atoms with van der Waals surface area (Å²) in [6.07, 6.45) is 1.24. The number of primary amides is 1. The molecule has 2 amide bonds. The molecule has 108 valence electrons. The summed E-state index contributed by atoms with van der Waals surface area (Å²) in [6, 6.07) is 1.54. The van der Waals surface area contributed by atoms with Crippen LogP contribution in [0.1, 0.15) is 23.2 Å². The summed E-state index contributed by atoms with van der Waals surface area (Å²) in [5.74, 6) is -3.67. The van der Waals surface area contributed by atoms with Crippen LogP contribution in [0.25, 0.3) is 0 Å². The molecular weight excluding hydrogens is 290 g/mol. The van der Waals surface area contributed by atoms with Crippen LogP contribution in [0.5, 0.6) is 0 Å². The molecule has 4 nitrogen and oxygen atoms in total. The first-order chi connectivity index (χ1) is 9.40. The molecule has 0 spiro atoms. The maximum atomic E-state index is 13.2. The number of carbonyl (C=O) groups is 2. The fourth-order valence-corrected chi connectivity index (χ4v) is 2.48. The highest BCUT2D eigenvalue weighted by Gasteiger charge is 2.29. The Bertz CT molecular complexity index is 566. The number of hydrogen-bond acceptors (Lipinski definition) is 2. The second kappa shape index (κ2) is 5.75. The minimum atomic E-state index is -1.14. The Kier molecular flexibility index (Phi) is 4.23. The molecule has 1 aromatic carbocycles. The van der Waals surface area contributed by atoms with E-state index < -0.39 is 29.4 Å². The van der Waals surface area contributed by atoms with Gasteiger partial charge in [0.2, 0.25) is 5.91 Å². The van der Waals surface area contributed by atoms with Crippen molar-refractivity contribution < 1.29 is 18.4 Å². The van der Waals surface area contributed by atoms with Gasteiger partial charge in [-0.15, -0.1) is 0 Å². The lowest BCUT2D eigenvalue weighted by Gasteiger charge is -2.31. The number of likely N-dealkylation sites (tertiary alicyclic amines) is 1. The number of halogens is 3. The summed E-state index contributed by atoms with van der Waals surface area (Å²) in [7, 11) is 0. The average molecular weight is 303 g/mol. The number of piperidine rings is 1. The molecule has 0 aromatic heterocycles. The van der Waals surface area contributed by atoms with Crippen LogP contribution in [0.15, 0.2) is 12.1 Å². The quantitative estimate of drug-likeness (QED) is 0.849. The predicted octanol–water partition coefficient (Wildman–Crippen LogP) is 1.96. The smallest absolute Gasteiger partial charge is 0.255 e. The van der Waals surface area contributed by atoms with Crippen molar-refractivity contribution in [1.82, 2.24) is 4.90 Å². The van der Waals surface area contributed by atoms with Gasteiger partial charge in [-0.1, -0.05) is 11.6 Å². The Morgan fingerprint density at radius 3 is 2.60 bits per heavy atom. The Morgan fingerprint density at radius 2 is 1.95 bits per heavy atom. The molecule has 1 aromatic rings. The Hall–Kier alpha value is -1.69. The van der Waals surface area contributed by atoms with Gasteiger partial charge in [-0.3, -0.25) is 9.59 Å². The van der Waals surface area contributed by atoms with E-state index in [1.807, 2.05) is 0 Å². The predicted molar refractivity (Wildman–Crippen MR) is 69.2 cm³/mol. The molecule has 1 atom stereocenters. The van der Waals surface area contributed by atoms with Gasteiger partial charge >= 0.3 is 0 Å². The van der Waals surface area contributed by atoms with E-state index >= 15 is 0 Å². The highest BCUT2D eigenvalue weighted by atomic mass is 35.5. The number of amides is 2. The fourth-order valence-electron chi connectivity index (χ4n) is 2.25. The van der Waals surface area contributed by atoms with Gasteiger partial charge in [-0.25, -0.2) is 8.78 Å². The molecule has 1 fully saturated rings. The molecule has 1 unspecified atom stereocenters. The van der Waals surface area contributed by atoms with Gasteiger partial charge in [0.05, 0.1) is 16.5 Å². The van der Waals surface area contributed by atoms with Crippen molar-refractivity contribution in [2.75, 3.05) is 13.1 Å². The van der Waals surface area contributed by atoms with Gasteiger partial charge in [-0.2, -0.15) is 0 Å². The molecule has 0 aliphatic carbocycles. The van der Waals surface area contributed by atoms with E-state index in [4.69, 9.17) is 17.3 Å². The fraction of sp³-hybridized carbons (Fsp3) is 0.385. The monoisotopic (exact) mass is 302 g/mol. The minimum absolute atomic E-state index is 0.115. The first-order valence-corrected chi connectivity index (χ1v) is 6.51. The van der Waals surface area contributed by atoms with Crippen LogP contribution in [0, 0.1) is 17.6 Å². The Labute approximate surface area is 119 Å². The molecule has 0 radical (unpaired) electrons. The average Bonchev–Trinajstić information content (AvgIpc) is 2.42. The summed E-state index contributed by atoms with van der Waals surface area (Å²) in [6.45, 7) is 0.599. The van der Waals surface area contributed by atoms with Crippen LogP contribution in [0.3, 0.4) is 0 Å². The lowest BCUT2D eigenvalue weighted by atomic mass is 9.97. The van der Waals surface area contributed by atoms with Crippen molar-refractivity contribution in [1.29, 1.82) is 0 Å². The Balaban J connectivity index is 2.23.